The number of ether oxygens (including phenoxy) is 3. The molecule has 0 bridgehead atoms. The second kappa shape index (κ2) is 29.6. The van der Waals surface area contributed by atoms with Crippen molar-refractivity contribution in [2.75, 3.05) is 58.3 Å². The van der Waals surface area contributed by atoms with Gasteiger partial charge in [0.15, 0.2) is 16.9 Å². The number of carbonyl (C=O) groups is 6. The fourth-order valence-corrected chi connectivity index (χ4v) is 4.63. The van der Waals surface area contributed by atoms with Crippen LogP contribution in [0, 0.1) is 11.3 Å². The highest BCUT2D eigenvalue weighted by atomic mass is 16.5. The summed E-state index contributed by atoms with van der Waals surface area (Å²) in [5, 5.41) is 25.0. The molecule has 4 rings (SSSR count). The van der Waals surface area contributed by atoms with Crippen molar-refractivity contribution >= 4 is 59.1 Å². The summed E-state index contributed by atoms with van der Waals surface area (Å²) in [4.78, 5) is 93.4. The Bertz CT molecular complexity index is 1760. The van der Waals surface area contributed by atoms with Crippen molar-refractivity contribution in [1.82, 2.24) is 25.3 Å². The number of ketones is 1. The number of rotatable bonds is 18. The van der Waals surface area contributed by atoms with E-state index in [1.54, 1.807) is 45.6 Å². The molecule has 19 nitrogen and oxygen atoms in total. The molecule has 2 aromatic heterocycles. The molecule has 0 spiro atoms. The number of hydrogen-bond donors (Lipinski definition) is 6. The van der Waals surface area contributed by atoms with Crippen LogP contribution in [0.4, 0.5) is 11.6 Å². The number of nitrogens with zero attached hydrogens (tertiary/aromatic N) is 3. The van der Waals surface area contributed by atoms with Gasteiger partial charge in [-0.25, -0.2) is 9.97 Å². The summed E-state index contributed by atoms with van der Waals surface area (Å²) >= 11 is 0. The van der Waals surface area contributed by atoms with Gasteiger partial charge in [0.05, 0.1) is 24.4 Å². The molecule has 1 aliphatic rings. The maximum Gasteiger partial charge on any atom is 0.306 e. The lowest BCUT2D eigenvalue weighted by atomic mass is 9.67. The summed E-state index contributed by atoms with van der Waals surface area (Å²) in [5.74, 6) is -3.39. The zero-order valence-electron chi connectivity index (χ0n) is 34.5. The molecule has 6 N–H and O–H groups in total. The number of anilines is 2. The topological polar surface area (TPSA) is 278 Å². The highest BCUT2D eigenvalue weighted by molar-refractivity contribution is 6.11. The van der Waals surface area contributed by atoms with Crippen molar-refractivity contribution in [1.29, 1.82) is 0 Å². The summed E-state index contributed by atoms with van der Waals surface area (Å²) in [6.07, 6.45) is 4.78. The lowest BCUT2D eigenvalue weighted by molar-refractivity contribution is -0.147. The number of aromatic nitrogens is 4. The van der Waals surface area contributed by atoms with Crippen LogP contribution in [0.15, 0.2) is 35.3 Å². The predicted molar refractivity (Wildman–Crippen MR) is 217 cm³/mol. The van der Waals surface area contributed by atoms with Crippen LogP contribution in [0.1, 0.15) is 88.7 Å². The number of methoxy groups -OCH3 is 3. The summed E-state index contributed by atoms with van der Waals surface area (Å²) in [5.41, 5.74) is 0.265. The van der Waals surface area contributed by atoms with Crippen LogP contribution in [-0.4, -0.2) is 114 Å². The van der Waals surface area contributed by atoms with Gasteiger partial charge in [0.1, 0.15) is 12.2 Å². The molecule has 322 valence electrons. The van der Waals surface area contributed by atoms with Crippen molar-refractivity contribution in [3.8, 4) is 0 Å². The number of Topliss-reactive ketones (excluding diaryl/α,β-unsaturated/α-hetero) is 1. The van der Waals surface area contributed by atoms with Gasteiger partial charge in [0.2, 0.25) is 17.8 Å². The number of H-pyrrole nitrogens is 1. The Hall–Kier alpha value is -5.66. The summed E-state index contributed by atoms with van der Waals surface area (Å²) in [7, 11) is 4.98. The van der Waals surface area contributed by atoms with E-state index >= 15 is 0 Å². The molecule has 1 atom stereocenters. The monoisotopic (exact) mass is 817 g/mol. The van der Waals surface area contributed by atoms with Crippen LogP contribution in [0.5, 0.6) is 0 Å². The van der Waals surface area contributed by atoms with Gasteiger partial charge in [-0.15, -0.1) is 0 Å². The minimum atomic E-state index is -1.18. The Morgan fingerprint density at radius 3 is 2.02 bits per heavy atom. The van der Waals surface area contributed by atoms with Gasteiger partial charge in [-0.1, -0.05) is 13.3 Å². The molecule has 3 aromatic rings. The Kier molecular flexibility index (Phi) is 26.7. The largest absolute Gasteiger partial charge is 0.481 e. The number of aromatic amines is 1. The number of amides is 2. The molecule has 0 saturated heterocycles. The number of carboxylic acids is 2. The van der Waals surface area contributed by atoms with Gasteiger partial charge in [0, 0.05) is 65.4 Å². The van der Waals surface area contributed by atoms with Crippen molar-refractivity contribution < 1.29 is 53.2 Å². The first-order valence-corrected chi connectivity index (χ1v) is 18.6. The normalized spacial score (nSPS) is 12.4. The molecule has 2 heterocycles. The van der Waals surface area contributed by atoms with Gasteiger partial charge in [0.25, 0.3) is 5.56 Å². The highest BCUT2D eigenvalue weighted by Gasteiger charge is 2.50. The maximum atomic E-state index is 13.1. The second-order valence-electron chi connectivity index (χ2n) is 12.6. The molecule has 1 unspecified atom stereocenters. The lowest BCUT2D eigenvalue weighted by Gasteiger charge is -2.38. The fraction of sp³-hybridized carbons (Fsp3) is 0.538. The van der Waals surface area contributed by atoms with Gasteiger partial charge in [-0.3, -0.25) is 39.1 Å². The summed E-state index contributed by atoms with van der Waals surface area (Å²) in [6, 6.07) is 7.01. The van der Waals surface area contributed by atoms with Gasteiger partial charge >= 0.3 is 11.9 Å². The third-order valence-electron chi connectivity index (χ3n) is 8.39. The fourth-order valence-electron chi connectivity index (χ4n) is 4.63. The SMILES string of the molecule is C=O.CC(CCC(=O)O)C(=O)O.CCOC.CCOC.COCCCCNC(=O)C1(C(=O)Nc2nc3ncc(CNc4ccc(C(C)=O)cc4)nc3c(=O)[nH]2)CCC1. The standard InChI is InChI=1S/C26H31N7O5.C6H10O4.2C3H8O.CH2O/c1-16(34)17-6-8-18(9-7-17)28-14-19-15-29-21-20(30-19)22(35)32-25(31-21)33-24(37)26(10-5-11-26)23(36)27-12-3-4-13-38-2;1-4(6(9)10)2-3-5(7)8;2*1-3-4-2;1-2/h6-9,15,28H,3-5,10-14H2,1-2H3,(H,27,36)(H2,29,31,32,33,35,37);4H,2-3H2,1H3,(H,7,8)(H,9,10);2*3H2,1-2H3;1H2. The van der Waals surface area contributed by atoms with Crippen molar-refractivity contribution in [3.63, 3.8) is 0 Å². The average molecular weight is 818 g/mol. The Balaban J connectivity index is 0.00000135. The molecule has 19 heteroatoms. The molecule has 58 heavy (non-hydrogen) atoms. The van der Waals surface area contributed by atoms with Crippen LogP contribution < -0.4 is 21.5 Å². The number of carbonyl (C=O) groups excluding carboxylic acids is 4. The summed E-state index contributed by atoms with van der Waals surface area (Å²) in [6.45, 7) is 11.9. The van der Waals surface area contributed by atoms with Gasteiger partial charge < -0.3 is 39.9 Å². The van der Waals surface area contributed by atoms with E-state index in [0.29, 0.717) is 43.8 Å². The summed E-state index contributed by atoms with van der Waals surface area (Å²) < 4.78 is 14.1. The Morgan fingerprint density at radius 1 is 0.931 bits per heavy atom. The minimum Gasteiger partial charge on any atom is -0.481 e. The molecule has 1 saturated carbocycles. The molecular formula is C39H59N7O12. The van der Waals surface area contributed by atoms with Crippen molar-refractivity contribution in [3.05, 3.63) is 52.1 Å². The molecule has 0 aliphatic heterocycles. The van der Waals surface area contributed by atoms with E-state index in [4.69, 9.17) is 19.7 Å². The number of carboxylic acid groups (broad SMARTS) is 2. The van der Waals surface area contributed by atoms with E-state index in [1.165, 1.54) is 20.0 Å². The molecular weight excluding hydrogens is 758 g/mol. The first-order chi connectivity index (χ1) is 27.7. The third-order valence-corrected chi connectivity index (χ3v) is 8.39. The van der Waals surface area contributed by atoms with Crippen molar-refractivity contribution in [2.45, 2.75) is 79.2 Å². The van der Waals surface area contributed by atoms with Crippen LogP contribution >= 0.6 is 0 Å². The molecule has 1 fully saturated rings. The second-order valence-corrected chi connectivity index (χ2v) is 12.6. The third kappa shape index (κ3) is 19.0. The van der Waals surface area contributed by atoms with E-state index in [9.17, 15) is 28.8 Å². The number of fused-ring (bicyclic) bond motifs is 1. The Morgan fingerprint density at radius 2 is 1.53 bits per heavy atom. The number of benzene rings is 1. The van der Waals surface area contributed by atoms with Crippen LogP contribution in [-0.2, 0) is 44.7 Å². The Labute approximate surface area is 338 Å². The van der Waals surface area contributed by atoms with E-state index in [2.05, 4.69) is 45.4 Å². The van der Waals surface area contributed by atoms with Gasteiger partial charge in [-0.2, -0.15) is 4.98 Å². The van der Waals surface area contributed by atoms with E-state index in [0.717, 1.165) is 38.2 Å². The minimum absolute atomic E-state index is 0.0147. The van der Waals surface area contributed by atoms with Crippen molar-refractivity contribution in [2.24, 2.45) is 11.3 Å². The highest BCUT2D eigenvalue weighted by Crippen LogP contribution is 2.42. The number of hydrogen-bond acceptors (Lipinski definition) is 14. The van der Waals surface area contributed by atoms with Crippen LogP contribution in [0.3, 0.4) is 0 Å². The quantitative estimate of drug-likeness (QED) is 0.0604. The van der Waals surface area contributed by atoms with Crippen LogP contribution in [0.2, 0.25) is 0 Å². The predicted octanol–water partition coefficient (Wildman–Crippen LogP) is 3.87. The first kappa shape index (κ1) is 52.3. The number of nitrogens with one attached hydrogen (secondary N) is 4. The van der Waals surface area contributed by atoms with E-state index < -0.39 is 34.7 Å². The first-order valence-electron chi connectivity index (χ1n) is 18.6. The zero-order valence-corrected chi connectivity index (χ0v) is 34.5. The zero-order chi connectivity index (χ0) is 44.1. The number of unbranched alkanes of at least 4 members (excludes halogenated alkanes) is 1. The van der Waals surface area contributed by atoms with Gasteiger partial charge in [-0.05, 0) is 77.1 Å². The maximum absolute atomic E-state index is 13.1. The lowest BCUT2D eigenvalue weighted by Crippen LogP contribution is -2.53. The van der Waals surface area contributed by atoms with E-state index in [1.807, 2.05) is 20.6 Å². The van der Waals surface area contributed by atoms with Crippen LogP contribution in [0.25, 0.3) is 11.2 Å². The molecule has 2 amide bonds. The molecule has 1 aliphatic carbocycles. The smallest absolute Gasteiger partial charge is 0.306 e. The number of aliphatic carboxylic acids is 2. The molecule has 1 aromatic carbocycles. The molecule has 0 radical (unpaired) electrons. The van der Waals surface area contributed by atoms with E-state index in [-0.39, 0.29) is 41.6 Å². The average Bonchev–Trinajstić information content (AvgIpc) is 3.20.